The zero-order valence-corrected chi connectivity index (χ0v) is 10.4. The zero-order valence-electron chi connectivity index (χ0n) is 9.60. The van der Waals surface area contributed by atoms with Gasteiger partial charge in [0.05, 0.1) is 12.1 Å². The van der Waals surface area contributed by atoms with Gasteiger partial charge in [-0.15, -0.1) is 0 Å². The summed E-state index contributed by atoms with van der Waals surface area (Å²) in [4.78, 5) is 11.7. The molecule has 6 nitrogen and oxygen atoms in total. The number of aliphatic hydroxyl groups excluding tert-OH is 1. The van der Waals surface area contributed by atoms with E-state index >= 15 is 0 Å². The fourth-order valence-corrected chi connectivity index (χ4v) is 2.19. The third kappa shape index (κ3) is 1.57. The van der Waals surface area contributed by atoms with E-state index in [9.17, 15) is 20.1 Å². The number of carbonyl (C=O) groups excluding carboxylic acids is 1. The van der Waals surface area contributed by atoms with E-state index in [1.165, 1.54) is 14.0 Å². The molecule has 1 aromatic carbocycles. The predicted molar refractivity (Wildman–Crippen MR) is 61.2 cm³/mol. The molecule has 0 aliphatic carbocycles. The van der Waals surface area contributed by atoms with Crippen molar-refractivity contribution in [3.05, 3.63) is 16.1 Å². The Morgan fingerprint density at radius 1 is 1.33 bits per heavy atom. The number of phenolic OH excluding ortho intramolecular Hbond substituents is 2. The molecule has 0 radical (unpaired) electrons. The number of hydrogen-bond donors (Lipinski definition) is 3. The number of aromatic hydroxyl groups is 2. The number of ether oxygens (including phenoxy) is 2. The van der Waals surface area contributed by atoms with Crippen LogP contribution in [0, 0.1) is 0 Å². The summed E-state index contributed by atoms with van der Waals surface area (Å²) in [5, 5.41) is 29.3. The molecule has 1 aromatic rings. The Hall–Kier alpha value is -1.66. The molecule has 0 spiro atoms. The van der Waals surface area contributed by atoms with Crippen LogP contribution >= 0.6 is 11.6 Å². The van der Waals surface area contributed by atoms with Crippen LogP contribution in [-0.4, -0.2) is 34.5 Å². The zero-order chi connectivity index (χ0) is 13.6. The average molecular weight is 275 g/mol. The van der Waals surface area contributed by atoms with Gasteiger partial charge in [-0.3, -0.25) is 0 Å². The van der Waals surface area contributed by atoms with E-state index in [4.69, 9.17) is 21.1 Å². The first kappa shape index (κ1) is 12.8. The van der Waals surface area contributed by atoms with Gasteiger partial charge >= 0.3 is 5.97 Å². The normalized spacial score (nSPS) is 22.3. The molecule has 1 heterocycles. The minimum absolute atomic E-state index is 0.0591. The minimum Gasteiger partial charge on any atom is -0.504 e. The number of fused-ring (bicyclic) bond motifs is 1. The van der Waals surface area contributed by atoms with Crippen LogP contribution in [0.3, 0.4) is 0 Å². The van der Waals surface area contributed by atoms with E-state index in [0.29, 0.717) is 0 Å². The van der Waals surface area contributed by atoms with Crippen molar-refractivity contribution in [3.63, 3.8) is 0 Å². The standard InChI is InChI=1S/C11H11ClO6/c1-3-7(13)4-5(11(16)18-3)8(14)10(17-2)9(15)6(4)12/h3,7,13-15H,1-2H3/t3-,7+/m1/s1. The highest BCUT2D eigenvalue weighted by Crippen LogP contribution is 2.50. The molecule has 2 rings (SSSR count). The third-order valence-electron chi connectivity index (χ3n) is 2.82. The van der Waals surface area contributed by atoms with Gasteiger partial charge in [0.25, 0.3) is 0 Å². The molecule has 18 heavy (non-hydrogen) atoms. The van der Waals surface area contributed by atoms with Crippen LogP contribution in [0.15, 0.2) is 0 Å². The van der Waals surface area contributed by atoms with Gasteiger partial charge in [0.2, 0.25) is 5.75 Å². The van der Waals surface area contributed by atoms with Gasteiger partial charge < -0.3 is 24.8 Å². The number of benzene rings is 1. The molecular weight excluding hydrogens is 264 g/mol. The van der Waals surface area contributed by atoms with Gasteiger partial charge in [0, 0.05) is 5.56 Å². The summed E-state index contributed by atoms with van der Waals surface area (Å²) < 4.78 is 9.61. The summed E-state index contributed by atoms with van der Waals surface area (Å²) in [5.74, 6) is -2.31. The highest BCUT2D eigenvalue weighted by atomic mass is 35.5. The summed E-state index contributed by atoms with van der Waals surface area (Å²) in [7, 11) is 1.20. The van der Waals surface area contributed by atoms with E-state index in [1.807, 2.05) is 0 Å². The lowest BCUT2D eigenvalue weighted by atomic mass is 9.94. The van der Waals surface area contributed by atoms with Crippen molar-refractivity contribution < 1.29 is 29.6 Å². The largest absolute Gasteiger partial charge is 0.504 e. The number of hydrogen-bond acceptors (Lipinski definition) is 6. The van der Waals surface area contributed by atoms with Crippen molar-refractivity contribution in [2.45, 2.75) is 19.1 Å². The Morgan fingerprint density at radius 3 is 2.50 bits per heavy atom. The SMILES string of the molecule is COc1c(O)c(Cl)c2c(c1O)C(=O)O[C@H](C)[C@@H]2O. The predicted octanol–water partition coefficient (Wildman–Crippen LogP) is 1.35. The molecule has 0 amide bonds. The quantitative estimate of drug-likeness (QED) is 0.669. The first-order chi connectivity index (χ1) is 8.40. The Labute approximate surface area is 107 Å². The first-order valence-electron chi connectivity index (χ1n) is 5.10. The maximum Gasteiger partial charge on any atom is 0.342 e. The third-order valence-corrected chi connectivity index (χ3v) is 3.20. The van der Waals surface area contributed by atoms with Gasteiger partial charge in [0.1, 0.15) is 17.8 Å². The number of phenols is 2. The average Bonchev–Trinajstić information content (AvgIpc) is 2.31. The van der Waals surface area contributed by atoms with Crippen molar-refractivity contribution in [1.82, 2.24) is 0 Å². The summed E-state index contributed by atoms with van der Waals surface area (Å²) >= 11 is 5.88. The second-order valence-electron chi connectivity index (χ2n) is 3.89. The molecule has 2 atom stereocenters. The lowest BCUT2D eigenvalue weighted by Crippen LogP contribution is -2.30. The summed E-state index contributed by atoms with van der Waals surface area (Å²) in [6, 6.07) is 0. The molecule has 98 valence electrons. The highest BCUT2D eigenvalue weighted by Gasteiger charge is 2.39. The topological polar surface area (TPSA) is 96.2 Å². The number of rotatable bonds is 1. The second-order valence-corrected chi connectivity index (χ2v) is 4.27. The van der Waals surface area contributed by atoms with Crippen LogP contribution in [0.4, 0.5) is 0 Å². The number of cyclic esters (lactones) is 1. The second kappa shape index (κ2) is 4.22. The van der Waals surface area contributed by atoms with Crippen molar-refractivity contribution >= 4 is 17.6 Å². The number of carbonyl (C=O) groups is 1. The van der Waals surface area contributed by atoms with Crippen LogP contribution in [0.1, 0.15) is 28.9 Å². The van der Waals surface area contributed by atoms with E-state index in [1.54, 1.807) is 0 Å². The molecule has 7 heteroatoms. The van der Waals surface area contributed by atoms with E-state index < -0.39 is 29.7 Å². The smallest absolute Gasteiger partial charge is 0.342 e. The van der Waals surface area contributed by atoms with E-state index in [0.717, 1.165) is 0 Å². The van der Waals surface area contributed by atoms with Crippen molar-refractivity contribution in [2.75, 3.05) is 7.11 Å². The molecule has 0 saturated heterocycles. The van der Waals surface area contributed by atoms with Gasteiger partial charge in [-0.05, 0) is 6.92 Å². The molecule has 0 unspecified atom stereocenters. The summed E-state index contributed by atoms with van der Waals surface area (Å²) in [5.41, 5.74) is -0.350. The Kier molecular flexibility index (Phi) is 3.00. The molecular formula is C11H11ClO6. The maximum atomic E-state index is 11.7. The maximum absolute atomic E-state index is 11.7. The van der Waals surface area contributed by atoms with Gasteiger partial charge in [0.15, 0.2) is 11.5 Å². The van der Waals surface area contributed by atoms with Crippen molar-refractivity contribution in [1.29, 1.82) is 0 Å². The summed E-state index contributed by atoms with van der Waals surface area (Å²) in [6.45, 7) is 1.47. The number of aliphatic hydroxyl groups is 1. The lowest BCUT2D eigenvalue weighted by molar-refractivity contribution is -0.0218. The van der Waals surface area contributed by atoms with Gasteiger partial charge in [-0.1, -0.05) is 11.6 Å². The number of halogens is 1. The minimum atomic E-state index is -1.23. The van der Waals surface area contributed by atoms with Crippen molar-refractivity contribution in [3.8, 4) is 17.2 Å². The highest BCUT2D eigenvalue weighted by molar-refractivity contribution is 6.34. The van der Waals surface area contributed by atoms with E-state index in [2.05, 4.69) is 0 Å². The molecule has 0 fully saturated rings. The van der Waals surface area contributed by atoms with Crippen molar-refractivity contribution in [2.24, 2.45) is 0 Å². The van der Waals surface area contributed by atoms with Gasteiger partial charge in [-0.2, -0.15) is 0 Å². The van der Waals surface area contributed by atoms with Gasteiger partial charge in [-0.25, -0.2) is 4.79 Å². The van der Waals surface area contributed by atoms with Crippen LogP contribution in [0.5, 0.6) is 17.2 Å². The molecule has 0 saturated carbocycles. The Morgan fingerprint density at radius 2 is 1.94 bits per heavy atom. The molecule has 1 aliphatic heterocycles. The Bertz CT molecular complexity index is 527. The number of methoxy groups -OCH3 is 1. The lowest BCUT2D eigenvalue weighted by Gasteiger charge is -2.29. The van der Waals surface area contributed by atoms with E-state index in [-0.39, 0.29) is 21.9 Å². The molecule has 0 aromatic heterocycles. The number of esters is 1. The first-order valence-corrected chi connectivity index (χ1v) is 5.48. The Balaban J connectivity index is 2.82. The fraction of sp³-hybridized carbons (Fsp3) is 0.364. The summed E-state index contributed by atoms with van der Waals surface area (Å²) in [6.07, 6.45) is -2.05. The van der Waals surface area contributed by atoms with Crippen LogP contribution in [-0.2, 0) is 4.74 Å². The monoisotopic (exact) mass is 274 g/mol. The molecule has 1 aliphatic rings. The molecule has 3 N–H and O–H groups in total. The van der Waals surface area contributed by atoms with Crippen LogP contribution in [0.25, 0.3) is 0 Å². The molecule has 0 bridgehead atoms. The van der Waals surface area contributed by atoms with Crippen LogP contribution < -0.4 is 4.74 Å². The fourth-order valence-electron chi connectivity index (χ4n) is 1.89. The van der Waals surface area contributed by atoms with Crippen LogP contribution in [0.2, 0.25) is 5.02 Å².